The van der Waals surface area contributed by atoms with Crippen LogP contribution in [0.2, 0.25) is 0 Å². The van der Waals surface area contributed by atoms with Crippen molar-refractivity contribution in [2.75, 3.05) is 34.7 Å². The lowest BCUT2D eigenvalue weighted by atomic mass is 10.0. The SMILES string of the molecule is CCc1ccc([C@@H](CNC(=O)c2ccc(S(=O)(=O)N(C)C)cc2)N(C)C)cc1. The van der Waals surface area contributed by atoms with E-state index in [9.17, 15) is 13.2 Å². The van der Waals surface area contributed by atoms with Crippen LogP contribution >= 0.6 is 0 Å². The summed E-state index contributed by atoms with van der Waals surface area (Å²) in [5.41, 5.74) is 2.84. The number of nitrogens with zero attached hydrogens (tertiary/aromatic N) is 2. The Kier molecular flexibility index (Phi) is 7.35. The number of carbonyl (C=O) groups excluding carboxylic acids is 1. The first-order valence-corrected chi connectivity index (χ1v) is 10.7. The Bertz CT molecular complexity index is 889. The van der Waals surface area contributed by atoms with Gasteiger partial charge in [0.05, 0.1) is 10.9 Å². The molecule has 1 N–H and O–H groups in total. The summed E-state index contributed by atoms with van der Waals surface area (Å²) >= 11 is 0. The van der Waals surface area contributed by atoms with Crippen LogP contribution < -0.4 is 5.32 Å². The molecule has 0 spiro atoms. The predicted octanol–water partition coefficient (Wildman–Crippen LogP) is 2.53. The molecule has 2 aromatic rings. The van der Waals surface area contributed by atoms with Crippen LogP contribution in [0.15, 0.2) is 53.4 Å². The number of carbonyl (C=O) groups is 1. The summed E-state index contributed by atoms with van der Waals surface area (Å²) in [5.74, 6) is -0.231. The second-order valence-corrected chi connectivity index (χ2v) is 9.25. The summed E-state index contributed by atoms with van der Waals surface area (Å²) in [4.78, 5) is 14.7. The summed E-state index contributed by atoms with van der Waals surface area (Å²) in [5, 5.41) is 2.95. The van der Waals surface area contributed by atoms with Gasteiger partial charge in [0.15, 0.2) is 0 Å². The first-order chi connectivity index (χ1) is 13.2. The average molecular weight is 404 g/mol. The van der Waals surface area contributed by atoms with Gasteiger partial charge in [0, 0.05) is 26.2 Å². The first kappa shape index (κ1) is 22.1. The lowest BCUT2D eigenvalue weighted by molar-refractivity contribution is 0.0942. The molecule has 0 aromatic heterocycles. The number of benzene rings is 2. The van der Waals surface area contributed by atoms with Crippen LogP contribution in [-0.4, -0.2) is 58.3 Å². The Labute approximate surface area is 168 Å². The molecule has 152 valence electrons. The summed E-state index contributed by atoms with van der Waals surface area (Å²) < 4.78 is 25.4. The maximum absolute atomic E-state index is 12.5. The highest BCUT2D eigenvalue weighted by Gasteiger charge is 2.19. The van der Waals surface area contributed by atoms with Crippen LogP contribution in [0.1, 0.15) is 34.5 Å². The molecule has 0 aliphatic carbocycles. The van der Waals surface area contributed by atoms with E-state index < -0.39 is 10.0 Å². The minimum Gasteiger partial charge on any atom is -0.350 e. The molecule has 0 saturated carbocycles. The highest BCUT2D eigenvalue weighted by molar-refractivity contribution is 7.89. The van der Waals surface area contributed by atoms with Crippen molar-refractivity contribution in [1.29, 1.82) is 0 Å². The van der Waals surface area contributed by atoms with E-state index in [0.29, 0.717) is 12.1 Å². The zero-order chi connectivity index (χ0) is 20.9. The van der Waals surface area contributed by atoms with Crippen LogP contribution in [0.3, 0.4) is 0 Å². The molecule has 7 heteroatoms. The maximum atomic E-state index is 12.5. The van der Waals surface area contributed by atoms with Gasteiger partial charge in [-0.2, -0.15) is 0 Å². The van der Waals surface area contributed by atoms with Crippen LogP contribution in [0, 0.1) is 0 Å². The molecule has 0 fully saturated rings. The van der Waals surface area contributed by atoms with Gasteiger partial charge in [0.2, 0.25) is 10.0 Å². The highest BCUT2D eigenvalue weighted by Crippen LogP contribution is 2.19. The van der Waals surface area contributed by atoms with Crippen molar-refractivity contribution >= 4 is 15.9 Å². The van der Waals surface area contributed by atoms with E-state index in [0.717, 1.165) is 16.3 Å². The molecule has 6 nitrogen and oxygen atoms in total. The third-order valence-electron chi connectivity index (χ3n) is 4.75. The van der Waals surface area contributed by atoms with E-state index >= 15 is 0 Å². The number of amides is 1. The highest BCUT2D eigenvalue weighted by atomic mass is 32.2. The number of rotatable bonds is 8. The second-order valence-electron chi connectivity index (χ2n) is 7.10. The summed E-state index contributed by atoms with van der Waals surface area (Å²) in [6.07, 6.45) is 0.989. The van der Waals surface area contributed by atoms with Gasteiger partial charge in [0.1, 0.15) is 0 Å². The first-order valence-electron chi connectivity index (χ1n) is 9.23. The standard InChI is InChI=1S/C21H29N3O3S/c1-6-16-7-9-17(10-8-16)20(23(2)3)15-22-21(25)18-11-13-19(14-12-18)28(26,27)24(4)5/h7-14,20H,6,15H2,1-5H3,(H,22,25)/t20-/m1/s1. The summed E-state index contributed by atoms with van der Waals surface area (Å²) in [6, 6.07) is 14.4. The molecule has 1 atom stereocenters. The molecular weight excluding hydrogens is 374 g/mol. The minimum atomic E-state index is -3.50. The van der Waals surface area contributed by atoms with Gasteiger partial charge in [-0.05, 0) is 55.9 Å². The predicted molar refractivity (Wildman–Crippen MR) is 112 cm³/mol. The normalized spacial score (nSPS) is 13.0. The summed E-state index contributed by atoms with van der Waals surface area (Å²) in [6.45, 7) is 2.57. The van der Waals surface area contributed by atoms with Crippen molar-refractivity contribution in [3.05, 3.63) is 65.2 Å². The minimum absolute atomic E-state index is 0.0447. The maximum Gasteiger partial charge on any atom is 0.251 e. The molecule has 2 aromatic carbocycles. The van der Waals surface area contributed by atoms with Gasteiger partial charge in [0.25, 0.3) is 5.91 Å². The lowest BCUT2D eigenvalue weighted by Crippen LogP contribution is -2.34. The Hall–Kier alpha value is -2.22. The molecule has 0 aliphatic rings. The largest absolute Gasteiger partial charge is 0.350 e. The zero-order valence-electron chi connectivity index (χ0n) is 17.1. The van der Waals surface area contributed by atoms with E-state index in [1.165, 1.54) is 43.9 Å². The van der Waals surface area contributed by atoms with Crippen molar-refractivity contribution in [2.45, 2.75) is 24.3 Å². The molecular formula is C21H29N3O3S. The Morgan fingerprint density at radius 3 is 2.00 bits per heavy atom. The van der Waals surface area contributed by atoms with Crippen molar-refractivity contribution in [3.63, 3.8) is 0 Å². The van der Waals surface area contributed by atoms with Crippen LogP contribution in [-0.2, 0) is 16.4 Å². The smallest absolute Gasteiger partial charge is 0.251 e. The molecule has 0 aliphatic heterocycles. The lowest BCUT2D eigenvalue weighted by Gasteiger charge is -2.25. The van der Waals surface area contributed by atoms with Gasteiger partial charge in [-0.25, -0.2) is 12.7 Å². The Balaban J connectivity index is 2.08. The quantitative estimate of drug-likeness (QED) is 0.735. The molecule has 0 saturated heterocycles. The number of hydrogen-bond acceptors (Lipinski definition) is 4. The number of likely N-dealkylation sites (N-methyl/N-ethyl adjacent to an activating group) is 1. The fourth-order valence-electron chi connectivity index (χ4n) is 2.85. The van der Waals surface area contributed by atoms with Crippen LogP contribution in [0.5, 0.6) is 0 Å². The van der Waals surface area contributed by atoms with E-state index in [-0.39, 0.29) is 16.8 Å². The molecule has 0 bridgehead atoms. The van der Waals surface area contributed by atoms with Gasteiger partial charge in [-0.15, -0.1) is 0 Å². The fourth-order valence-corrected chi connectivity index (χ4v) is 3.76. The number of hydrogen-bond donors (Lipinski definition) is 1. The van der Waals surface area contributed by atoms with Gasteiger partial charge in [-0.3, -0.25) is 4.79 Å². The molecule has 0 heterocycles. The molecule has 28 heavy (non-hydrogen) atoms. The topological polar surface area (TPSA) is 69.7 Å². The Morgan fingerprint density at radius 2 is 1.54 bits per heavy atom. The van der Waals surface area contributed by atoms with Crippen molar-refractivity contribution < 1.29 is 13.2 Å². The fraction of sp³-hybridized carbons (Fsp3) is 0.381. The van der Waals surface area contributed by atoms with Gasteiger partial charge in [-0.1, -0.05) is 31.2 Å². The van der Waals surface area contributed by atoms with Gasteiger partial charge >= 0.3 is 0 Å². The van der Waals surface area contributed by atoms with Gasteiger partial charge < -0.3 is 10.2 Å². The average Bonchev–Trinajstić information content (AvgIpc) is 2.68. The number of sulfonamides is 1. The van der Waals surface area contributed by atoms with Crippen LogP contribution in [0.4, 0.5) is 0 Å². The van der Waals surface area contributed by atoms with E-state index in [1.807, 2.05) is 14.1 Å². The number of nitrogens with one attached hydrogen (secondary N) is 1. The number of aryl methyl sites for hydroxylation is 1. The van der Waals surface area contributed by atoms with E-state index in [1.54, 1.807) is 0 Å². The van der Waals surface area contributed by atoms with Crippen molar-refractivity contribution in [2.24, 2.45) is 0 Å². The monoisotopic (exact) mass is 403 g/mol. The second kappa shape index (κ2) is 9.32. The molecule has 1 amide bonds. The van der Waals surface area contributed by atoms with Crippen LogP contribution in [0.25, 0.3) is 0 Å². The molecule has 0 unspecified atom stereocenters. The molecule has 0 radical (unpaired) electrons. The molecule has 2 rings (SSSR count). The van der Waals surface area contributed by atoms with Crippen molar-refractivity contribution in [1.82, 2.24) is 14.5 Å². The zero-order valence-corrected chi connectivity index (χ0v) is 18.0. The van der Waals surface area contributed by atoms with Crippen molar-refractivity contribution in [3.8, 4) is 0 Å². The third kappa shape index (κ3) is 5.19. The Morgan fingerprint density at radius 1 is 0.964 bits per heavy atom. The van der Waals surface area contributed by atoms with E-state index in [4.69, 9.17) is 0 Å². The summed E-state index contributed by atoms with van der Waals surface area (Å²) in [7, 11) is 3.41. The van der Waals surface area contributed by atoms with E-state index in [2.05, 4.69) is 41.4 Å². The third-order valence-corrected chi connectivity index (χ3v) is 6.58.